The van der Waals surface area contributed by atoms with Crippen molar-refractivity contribution in [1.29, 1.82) is 0 Å². The molecule has 1 heterocycles. The molecule has 102 valence electrons. The number of hydrogen-bond donors (Lipinski definition) is 2. The van der Waals surface area contributed by atoms with Crippen molar-refractivity contribution in [2.24, 2.45) is 13.0 Å². The third-order valence-electron chi connectivity index (χ3n) is 2.72. The lowest BCUT2D eigenvalue weighted by atomic mass is 10.1. The van der Waals surface area contributed by atoms with Gasteiger partial charge in [-0.05, 0) is 13.3 Å². The van der Waals surface area contributed by atoms with E-state index in [2.05, 4.69) is 9.71 Å². The molecule has 2 N–H and O–H groups in total. The van der Waals surface area contributed by atoms with E-state index in [-0.39, 0.29) is 11.6 Å². The first-order chi connectivity index (χ1) is 8.27. The van der Waals surface area contributed by atoms with Crippen LogP contribution in [0.5, 0.6) is 0 Å². The molecule has 0 aliphatic carbocycles. The van der Waals surface area contributed by atoms with E-state index in [0.29, 0.717) is 12.2 Å². The molecule has 8 heteroatoms. The minimum absolute atomic E-state index is 0.0947. The Labute approximate surface area is 106 Å². The summed E-state index contributed by atoms with van der Waals surface area (Å²) in [6.07, 6.45) is 1.75. The van der Waals surface area contributed by atoms with Crippen LogP contribution in [-0.2, 0) is 21.9 Å². The van der Waals surface area contributed by atoms with Crippen LogP contribution in [0.3, 0.4) is 0 Å². The molecule has 0 aromatic carbocycles. The normalized spacial score (nSPS) is 13.5. The van der Waals surface area contributed by atoms with Gasteiger partial charge in [0.2, 0.25) is 0 Å². The maximum absolute atomic E-state index is 11.9. The monoisotopic (exact) mass is 275 g/mol. The highest BCUT2D eigenvalue weighted by molar-refractivity contribution is 7.89. The lowest BCUT2D eigenvalue weighted by molar-refractivity contribution is -0.141. The topological polar surface area (TPSA) is 101 Å². The summed E-state index contributed by atoms with van der Waals surface area (Å²) in [6.45, 7) is 3.24. The van der Waals surface area contributed by atoms with Gasteiger partial charge in [-0.2, -0.15) is 0 Å². The Hall–Kier alpha value is -1.41. The van der Waals surface area contributed by atoms with Crippen molar-refractivity contribution in [2.75, 3.05) is 6.54 Å². The van der Waals surface area contributed by atoms with Crippen molar-refractivity contribution in [3.05, 3.63) is 12.0 Å². The van der Waals surface area contributed by atoms with Gasteiger partial charge in [0.15, 0.2) is 5.03 Å². The van der Waals surface area contributed by atoms with E-state index in [1.54, 1.807) is 25.5 Å². The molecule has 0 fully saturated rings. The molecular weight excluding hydrogens is 258 g/mol. The van der Waals surface area contributed by atoms with Gasteiger partial charge >= 0.3 is 5.97 Å². The third-order valence-corrected chi connectivity index (χ3v) is 4.02. The predicted octanol–water partition coefficient (Wildman–Crippen LogP) is 0.118. The first-order valence-corrected chi connectivity index (χ1v) is 6.98. The number of carbonyl (C=O) groups is 1. The number of aliphatic carboxylic acids is 1. The number of carboxylic acid groups (broad SMARTS) is 1. The quantitative estimate of drug-likeness (QED) is 0.767. The van der Waals surface area contributed by atoms with E-state index in [1.165, 1.54) is 6.20 Å². The van der Waals surface area contributed by atoms with E-state index in [9.17, 15) is 13.2 Å². The van der Waals surface area contributed by atoms with Crippen LogP contribution in [0.15, 0.2) is 11.2 Å². The molecule has 1 aromatic heterocycles. The minimum Gasteiger partial charge on any atom is -0.481 e. The fourth-order valence-electron chi connectivity index (χ4n) is 1.35. The van der Waals surface area contributed by atoms with Gasteiger partial charge in [-0.1, -0.05) is 6.92 Å². The van der Waals surface area contributed by atoms with Crippen LogP contribution in [0.2, 0.25) is 0 Å². The average Bonchev–Trinajstić information content (AvgIpc) is 2.60. The van der Waals surface area contributed by atoms with Crippen LogP contribution < -0.4 is 4.72 Å². The second-order valence-electron chi connectivity index (χ2n) is 4.03. The maximum atomic E-state index is 11.9. The number of nitrogens with zero attached hydrogens (tertiary/aromatic N) is 2. The number of nitrogens with one attached hydrogen (secondary N) is 1. The van der Waals surface area contributed by atoms with Crippen molar-refractivity contribution in [2.45, 2.75) is 25.3 Å². The van der Waals surface area contributed by atoms with Crippen molar-refractivity contribution in [3.63, 3.8) is 0 Å². The Morgan fingerprint density at radius 2 is 2.22 bits per heavy atom. The molecule has 0 aliphatic rings. The average molecular weight is 275 g/mol. The fraction of sp³-hybridized carbons (Fsp3) is 0.600. The van der Waals surface area contributed by atoms with Crippen LogP contribution in [0.25, 0.3) is 0 Å². The van der Waals surface area contributed by atoms with Gasteiger partial charge in [-0.25, -0.2) is 18.1 Å². The van der Waals surface area contributed by atoms with Crippen LogP contribution in [-0.4, -0.2) is 35.6 Å². The molecule has 0 amide bonds. The number of hydrogen-bond acceptors (Lipinski definition) is 4. The summed E-state index contributed by atoms with van der Waals surface area (Å²) in [5.41, 5.74) is 0. The van der Waals surface area contributed by atoms with Crippen LogP contribution in [0.4, 0.5) is 0 Å². The number of aryl methyl sites for hydroxylation is 2. The predicted molar refractivity (Wildman–Crippen MR) is 64.6 cm³/mol. The molecule has 0 saturated heterocycles. The van der Waals surface area contributed by atoms with Crippen LogP contribution in [0.1, 0.15) is 19.2 Å². The molecule has 0 bridgehead atoms. The van der Waals surface area contributed by atoms with Crippen molar-refractivity contribution >= 4 is 16.0 Å². The zero-order valence-electron chi connectivity index (χ0n) is 10.5. The Bertz CT molecular complexity index is 516. The summed E-state index contributed by atoms with van der Waals surface area (Å²) in [5.74, 6) is -1.18. The second-order valence-corrected chi connectivity index (χ2v) is 5.75. The van der Waals surface area contributed by atoms with E-state index < -0.39 is 21.9 Å². The number of sulfonamides is 1. The molecule has 0 spiro atoms. The highest BCUT2D eigenvalue weighted by Crippen LogP contribution is 2.09. The highest BCUT2D eigenvalue weighted by Gasteiger charge is 2.22. The number of aromatic nitrogens is 2. The Morgan fingerprint density at radius 1 is 1.61 bits per heavy atom. The summed E-state index contributed by atoms with van der Waals surface area (Å²) in [4.78, 5) is 14.7. The first-order valence-electron chi connectivity index (χ1n) is 5.50. The molecule has 1 aromatic rings. The molecule has 0 aliphatic heterocycles. The van der Waals surface area contributed by atoms with Gasteiger partial charge in [0.05, 0.1) is 5.92 Å². The molecule has 1 atom stereocenters. The largest absolute Gasteiger partial charge is 0.481 e. The zero-order valence-corrected chi connectivity index (χ0v) is 11.4. The van der Waals surface area contributed by atoms with Gasteiger partial charge in [-0.3, -0.25) is 4.79 Å². The maximum Gasteiger partial charge on any atom is 0.307 e. The summed E-state index contributed by atoms with van der Waals surface area (Å²) >= 11 is 0. The first kappa shape index (κ1) is 14.7. The fourth-order valence-corrected chi connectivity index (χ4v) is 2.46. The standard InChI is InChI=1S/C10H17N3O4S/c1-4-8(10(14)15)5-11-18(16,17)9-6-13(3)7(2)12-9/h6,8,11H,4-5H2,1-3H3,(H,14,15). The van der Waals surface area contributed by atoms with E-state index in [1.807, 2.05) is 0 Å². The zero-order chi connectivity index (χ0) is 13.9. The second kappa shape index (κ2) is 5.49. The number of rotatable bonds is 6. The van der Waals surface area contributed by atoms with E-state index in [4.69, 9.17) is 5.11 Å². The van der Waals surface area contributed by atoms with Gasteiger partial charge in [0, 0.05) is 19.8 Å². The summed E-state index contributed by atoms with van der Waals surface area (Å²) in [5, 5.41) is 8.74. The molecule has 0 saturated carbocycles. The van der Waals surface area contributed by atoms with Gasteiger partial charge in [-0.15, -0.1) is 0 Å². The van der Waals surface area contributed by atoms with Crippen molar-refractivity contribution in [1.82, 2.24) is 14.3 Å². The van der Waals surface area contributed by atoms with Crippen LogP contribution >= 0.6 is 0 Å². The molecule has 0 radical (unpaired) electrons. The van der Waals surface area contributed by atoms with E-state index >= 15 is 0 Å². The van der Waals surface area contributed by atoms with E-state index in [0.717, 1.165) is 0 Å². The Morgan fingerprint density at radius 3 is 2.61 bits per heavy atom. The Balaban J connectivity index is 2.80. The summed E-state index contributed by atoms with van der Waals surface area (Å²) in [6, 6.07) is 0. The summed E-state index contributed by atoms with van der Waals surface area (Å²) < 4.78 is 27.6. The minimum atomic E-state index is -3.75. The third kappa shape index (κ3) is 3.30. The SMILES string of the molecule is CCC(CNS(=O)(=O)c1cn(C)c(C)n1)C(=O)O. The number of imidazole rings is 1. The molecule has 1 unspecified atom stereocenters. The lowest BCUT2D eigenvalue weighted by Crippen LogP contribution is -2.32. The van der Waals surface area contributed by atoms with Crippen molar-refractivity contribution < 1.29 is 18.3 Å². The van der Waals surface area contributed by atoms with Gasteiger partial charge in [0.1, 0.15) is 5.82 Å². The highest BCUT2D eigenvalue weighted by atomic mass is 32.2. The van der Waals surface area contributed by atoms with Crippen LogP contribution in [0, 0.1) is 12.8 Å². The lowest BCUT2D eigenvalue weighted by Gasteiger charge is -2.10. The smallest absolute Gasteiger partial charge is 0.307 e. The summed E-state index contributed by atoms with van der Waals surface area (Å²) in [7, 11) is -2.06. The molecule has 18 heavy (non-hydrogen) atoms. The van der Waals surface area contributed by atoms with Crippen molar-refractivity contribution in [3.8, 4) is 0 Å². The molecule has 1 rings (SSSR count). The molecular formula is C10H17N3O4S. The Kier molecular flexibility index (Phi) is 4.47. The van der Waals surface area contributed by atoms with Gasteiger partial charge < -0.3 is 9.67 Å². The van der Waals surface area contributed by atoms with Gasteiger partial charge in [0.25, 0.3) is 10.0 Å². The molecule has 7 nitrogen and oxygen atoms in total. The number of carboxylic acids is 1.